The standard InChI is InChI=1S/C17H14F4N2O2/c18-14-7-6-11(8-13(14)17(19,20)21)9-23(10-15(22)24)16(25)12-4-2-1-3-5-12/h1-8H,9-10H2,(H2,22,24). The van der Waals surface area contributed by atoms with E-state index in [4.69, 9.17) is 5.73 Å². The highest BCUT2D eigenvalue weighted by molar-refractivity contribution is 5.96. The Bertz CT molecular complexity index is 776. The molecule has 0 aromatic heterocycles. The molecule has 2 rings (SSSR count). The van der Waals surface area contributed by atoms with Crippen molar-refractivity contribution < 1.29 is 27.2 Å². The van der Waals surface area contributed by atoms with Crippen molar-refractivity contribution in [1.29, 1.82) is 0 Å². The average molecular weight is 354 g/mol. The van der Waals surface area contributed by atoms with Gasteiger partial charge >= 0.3 is 6.18 Å². The molecule has 0 spiro atoms. The molecule has 0 atom stereocenters. The number of alkyl halides is 3. The molecule has 2 aromatic carbocycles. The van der Waals surface area contributed by atoms with Crippen LogP contribution in [0, 0.1) is 5.82 Å². The van der Waals surface area contributed by atoms with Gasteiger partial charge in [-0.05, 0) is 29.8 Å². The van der Waals surface area contributed by atoms with Crippen molar-refractivity contribution in [3.8, 4) is 0 Å². The van der Waals surface area contributed by atoms with Crippen molar-refractivity contribution in [2.45, 2.75) is 12.7 Å². The second-order valence-electron chi connectivity index (χ2n) is 5.31. The van der Waals surface area contributed by atoms with Crippen LogP contribution in [0.1, 0.15) is 21.5 Å². The monoisotopic (exact) mass is 354 g/mol. The molecule has 2 N–H and O–H groups in total. The second-order valence-corrected chi connectivity index (χ2v) is 5.31. The first-order chi connectivity index (χ1) is 11.7. The molecule has 0 heterocycles. The van der Waals surface area contributed by atoms with E-state index in [9.17, 15) is 27.2 Å². The molecule has 0 bridgehead atoms. The maximum atomic E-state index is 13.4. The van der Waals surface area contributed by atoms with Crippen LogP contribution in [-0.4, -0.2) is 23.3 Å². The predicted octanol–water partition coefficient (Wildman–Crippen LogP) is 2.97. The summed E-state index contributed by atoms with van der Waals surface area (Å²) < 4.78 is 51.8. The Morgan fingerprint density at radius 2 is 1.68 bits per heavy atom. The highest BCUT2D eigenvalue weighted by Crippen LogP contribution is 2.32. The van der Waals surface area contributed by atoms with Crippen LogP contribution in [0.3, 0.4) is 0 Å². The highest BCUT2D eigenvalue weighted by Gasteiger charge is 2.34. The summed E-state index contributed by atoms with van der Waals surface area (Å²) in [5.74, 6) is -2.80. The minimum absolute atomic E-state index is 0.0271. The third kappa shape index (κ3) is 4.79. The number of amides is 2. The zero-order valence-electron chi connectivity index (χ0n) is 12.9. The first-order valence-electron chi connectivity index (χ1n) is 7.16. The molecule has 0 aliphatic rings. The van der Waals surface area contributed by atoms with Crippen LogP contribution < -0.4 is 5.73 Å². The van der Waals surface area contributed by atoms with E-state index < -0.39 is 35.9 Å². The van der Waals surface area contributed by atoms with E-state index in [1.807, 2.05) is 0 Å². The van der Waals surface area contributed by atoms with Crippen molar-refractivity contribution in [1.82, 2.24) is 4.90 Å². The van der Waals surface area contributed by atoms with Gasteiger partial charge in [0.2, 0.25) is 5.91 Å². The lowest BCUT2D eigenvalue weighted by molar-refractivity contribution is -0.140. The van der Waals surface area contributed by atoms with Crippen LogP contribution in [0.15, 0.2) is 48.5 Å². The van der Waals surface area contributed by atoms with E-state index in [1.165, 1.54) is 12.1 Å². The summed E-state index contributed by atoms with van der Waals surface area (Å²) in [7, 11) is 0. The Balaban J connectivity index is 2.32. The summed E-state index contributed by atoms with van der Waals surface area (Å²) in [5.41, 5.74) is 3.96. The zero-order valence-corrected chi connectivity index (χ0v) is 12.9. The molecule has 0 saturated carbocycles. The molecule has 2 aromatic rings. The molecule has 132 valence electrons. The molecule has 0 radical (unpaired) electrons. The Kier molecular flexibility index (Phi) is 5.41. The number of rotatable bonds is 5. The fourth-order valence-electron chi connectivity index (χ4n) is 2.26. The smallest absolute Gasteiger partial charge is 0.368 e. The Morgan fingerprint density at radius 3 is 2.24 bits per heavy atom. The molecule has 8 heteroatoms. The van der Waals surface area contributed by atoms with Crippen LogP contribution in [0.25, 0.3) is 0 Å². The van der Waals surface area contributed by atoms with E-state index in [0.29, 0.717) is 12.1 Å². The average Bonchev–Trinajstić information content (AvgIpc) is 2.54. The number of benzene rings is 2. The number of nitrogens with zero attached hydrogens (tertiary/aromatic N) is 1. The number of hydrogen-bond acceptors (Lipinski definition) is 2. The second kappa shape index (κ2) is 7.33. The normalized spacial score (nSPS) is 11.2. The molecule has 25 heavy (non-hydrogen) atoms. The van der Waals surface area contributed by atoms with Gasteiger partial charge < -0.3 is 10.6 Å². The van der Waals surface area contributed by atoms with Crippen LogP contribution in [0.5, 0.6) is 0 Å². The van der Waals surface area contributed by atoms with Crippen molar-refractivity contribution >= 4 is 11.8 Å². The summed E-state index contributed by atoms with van der Waals surface area (Å²) in [4.78, 5) is 24.7. The van der Waals surface area contributed by atoms with E-state index in [-0.39, 0.29) is 17.7 Å². The van der Waals surface area contributed by atoms with E-state index in [1.54, 1.807) is 18.2 Å². The zero-order chi connectivity index (χ0) is 18.6. The third-order valence-corrected chi connectivity index (χ3v) is 3.36. The van der Waals surface area contributed by atoms with Gasteiger partial charge in [-0.25, -0.2) is 4.39 Å². The van der Waals surface area contributed by atoms with Crippen molar-refractivity contribution in [2.24, 2.45) is 5.73 Å². The van der Waals surface area contributed by atoms with Gasteiger partial charge in [-0.1, -0.05) is 24.3 Å². The van der Waals surface area contributed by atoms with Gasteiger partial charge in [-0.2, -0.15) is 13.2 Å². The fourth-order valence-corrected chi connectivity index (χ4v) is 2.26. The topological polar surface area (TPSA) is 63.4 Å². The first-order valence-corrected chi connectivity index (χ1v) is 7.16. The fraction of sp³-hybridized carbons (Fsp3) is 0.176. The summed E-state index contributed by atoms with van der Waals surface area (Å²) in [6.45, 7) is -0.799. The van der Waals surface area contributed by atoms with E-state index in [0.717, 1.165) is 11.0 Å². The van der Waals surface area contributed by atoms with Gasteiger partial charge in [0.05, 0.1) is 12.1 Å². The number of carbonyl (C=O) groups excluding carboxylic acids is 2. The Hall–Kier alpha value is -2.90. The lowest BCUT2D eigenvalue weighted by Gasteiger charge is -2.22. The van der Waals surface area contributed by atoms with Gasteiger partial charge in [0.25, 0.3) is 5.91 Å². The van der Waals surface area contributed by atoms with Gasteiger partial charge in [-0.3, -0.25) is 9.59 Å². The van der Waals surface area contributed by atoms with E-state index in [2.05, 4.69) is 0 Å². The SMILES string of the molecule is NC(=O)CN(Cc1ccc(F)c(C(F)(F)F)c1)C(=O)c1ccccc1. The molecule has 4 nitrogen and oxygen atoms in total. The summed E-state index contributed by atoms with van der Waals surface area (Å²) in [6.07, 6.45) is -4.86. The molecular formula is C17H14F4N2O2. The molecule has 2 amide bonds. The summed E-state index contributed by atoms with van der Waals surface area (Å²) in [5, 5.41) is 0. The molecule has 0 unspecified atom stereocenters. The number of hydrogen-bond donors (Lipinski definition) is 1. The van der Waals surface area contributed by atoms with Gasteiger partial charge in [-0.15, -0.1) is 0 Å². The molecule has 0 aliphatic carbocycles. The maximum Gasteiger partial charge on any atom is 0.419 e. The van der Waals surface area contributed by atoms with Crippen molar-refractivity contribution in [2.75, 3.05) is 6.54 Å². The molecular weight excluding hydrogens is 340 g/mol. The van der Waals surface area contributed by atoms with Gasteiger partial charge in [0.1, 0.15) is 5.82 Å². The summed E-state index contributed by atoms with van der Waals surface area (Å²) >= 11 is 0. The first kappa shape index (κ1) is 18.4. The van der Waals surface area contributed by atoms with E-state index >= 15 is 0 Å². The Labute approximate surface area is 140 Å². The van der Waals surface area contributed by atoms with Crippen LogP contribution in [0.2, 0.25) is 0 Å². The minimum atomic E-state index is -4.86. The molecule has 0 aliphatic heterocycles. The van der Waals surface area contributed by atoms with Gasteiger partial charge in [0, 0.05) is 12.1 Å². The van der Waals surface area contributed by atoms with Crippen LogP contribution >= 0.6 is 0 Å². The third-order valence-electron chi connectivity index (χ3n) is 3.36. The summed E-state index contributed by atoms with van der Waals surface area (Å²) in [6, 6.07) is 10.3. The minimum Gasteiger partial charge on any atom is -0.368 e. The Morgan fingerprint density at radius 1 is 1.04 bits per heavy atom. The lowest BCUT2D eigenvalue weighted by Crippen LogP contribution is -2.38. The quantitative estimate of drug-likeness (QED) is 0.839. The number of carbonyl (C=O) groups is 2. The predicted molar refractivity (Wildman–Crippen MR) is 81.8 cm³/mol. The van der Waals surface area contributed by atoms with Crippen LogP contribution in [0.4, 0.5) is 17.6 Å². The maximum absolute atomic E-state index is 13.4. The highest BCUT2D eigenvalue weighted by atomic mass is 19.4. The largest absolute Gasteiger partial charge is 0.419 e. The number of primary amides is 1. The van der Waals surface area contributed by atoms with Crippen LogP contribution in [-0.2, 0) is 17.5 Å². The molecule has 0 saturated heterocycles. The van der Waals surface area contributed by atoms with Crippen molar-refractivity contribution in [3.05, 3.63) is 71.0 Å². The van der Waals surface area contributed by atoms with Crippen molar-refractivity contribution in [3.63, 3.8) is 0 Å². The lowest BCUT2D eigenvalue weighted by atomic mass is 10.1. The van der Waals surface area contributed by atoms with Gasteiger partial charge in [0.15, 0.2) is 0 Å². The number of nitrogens with two attached hydrogens (primary N) is 1. The molecule has 0 fully saturated rings. The number of halogens is 4.